The van der Waals surface area contributed by atoms with Gasteiger partial charge < -0.3 is 34.5 Å². The van der Waals surface area contributed by atoms with E-state index in [1.54, 1.807) is 37.3 Å². The Morgan fingerprint density at radius 1 is 0.870 bits per heavy atom. The molecule has 1 aliphatic carbocycles. The van der Waals surface area contributed by atoms with Crippen LogP contribution in [0.2, 0.25) is 0 Å². The van der Waals surface area contributed by atoms with Crippen molar-refractivity contribution in [1.82, 2.24) is 15.5 Å². The van der Waals surface area contributed by atoms with Gasteiger partial charge in [0.1, 0.15) is 23.9 Å². The highest BCUT2D eigenvalue weighted by Gasteiger charge is 2.41. The molecule has 11 heteroatoms. The Bertz CT molecular complexity index is 1390. The van der Waals surface area contributed by atoms with Gasteiger partial charge in [0, 0.05) is 6.54 Å². The normalized spacial score (nSPS) is 23.6. The topological polar surface area (TPSA) is 132 Å². The van der Waals surface area contributed by atoms with Crippen LogP contribution in [0.5, 0.6) is 17.2 Å². The molecule has 3 aliphatic rings. The average Bonchev–Trinajstić information content (AvgIpc) is 3.10. The first kappa shape index (κ1) is 33.1. The number of cyclic esters (lactones) is 1. The average molecular weight is 636 g/mol. The Kier molecular flexibility index (Phi) is 11.4. The summed E-state index contributed by atoms with van der Waals surface area (Å²) in [6.07, 6.45) is 7.07. The van der Waals surface area contributed by atoms with Crippen LogP contribution in [0.15, 0.2) is 42.5 Å². The molecular formula is C35H45N3O8. The second kappa shape index (κ2) is 15.8. The van der Waals surface area contributed by atoms with Crippen molar-refractivity contribution >= 4 is 23.7 Å². The lowest BCUT2D eigenvalue weighted by atomic mass is 9.82. The van der Waals surface area contributed by atoms with Crippen molar-refractivity contribution in [2.45, 2.75) is 82.4 Å². The minimum Gasteiger partial charge on any atom is -0.493 e. The molecule has 2 aliphatic heterocycles. The number of hydrogen-bond donors (Lipinski definition) is 2. The van der Waals surface area contributed by atoms with Crippen LogP contribution in [0.3, 0.4) is 0 Å². The number of aryl methyl sites for hydroxylation is 1. The standard InChI is InChI=1S/C35H45N3O8/c1-43-29-17-15-23(19-30(29)44-2)14-16-28-25-11-8-12-26(20-25)45-22-32(40)36-21-31(39)37-33(24-9-4-3-5-10-24)34(41)38-18-7-6-13-27(38)35(42)46-28/h8,11-12,15,17,19-20,24,27-28,33H,3-7,9-10,13-14,16,18,21-22H2,1-2H3,(H,36,40)(H,37,39)/t27-,28+,33+/m0/s1. The van der Waals surface area contributed by atoms with Crippen LogP contribution in [-0.2, 0) is 30.3 Å². The van der Waals surface area contributed by atoms with Crippen LogP contribution in [0.4, 0.5) is 0 Å². The quantitative estimate of drug-likeness (QED) is 0.458. The molecule has 2 bridgehead atoms. The van der Waals surface area contributed by atoms with E-state index in [0.717, 1.165) is 50.5 Å². The number of hydrogen-bond acceptors (Lipinski definition) is 8. The van der Waals surface area contributed by atoms with Crippen LogP contribution >= 0.6 is 0 Å². The highest BCUT2D eigenvalue weighted by molar-refractivity contribution is 5.92. The van der Waals surface area contributed by atoms with Crippen LogP contribution in [0, 0.1) is 5.92 Å². The molecule has 11 nitrogen and oxygen atoms in total. The van der Waals surface area contributed by atoms with Gasteiger partial charge in [-0.1, -0.05) is 37.5 Å². The second-order valence-corrected chi connectivity index (χ2v) is 12.3. The number of nitrogens with zero attached hydrogens (tertiary/aromatic N) is 1. The van der Waals surface area contributed by atoms with Gasteiger partial charge in [0.05, 0.1) is 20.8 Å². The first-order chi connectivity index (χ1) is 22.4. The number of methoxy groups -OCH3 is 2. The lowest BCUT2D eigenvalue weighted by Gasteiger charge is -2.39. The summed E-state index contributed by atoms with van der Waals surface area (Å²) in [6.45, 7) is -0.163. The minimum absolute atomic E-state index is 0.0411. The molecule has 3 amide bonds. The number of benzene rings is 2. The summed E-state index contributed by atoms with van der Waals surface area (Å²) >= 11 is 0. The Hall–Kier alpha value is -4.28. The summed E-state index contributed by atoms with van der Waals surface area (Å²) < 4.78 is 22.9. The van der Waals surface area contributed by atoms with Gasteiger partial charge in [-0.25, -0.2) is 4.79 Å². The highest BCUT2D eigenvalue weighted by Crippen LogP contribution is 2.33. The SMILES string of the molecule is COc1ccc(CC[C@H]2OC(=O)[C@@H]3CCCCN3C(=O)[C@@H](C3CCCCC3)NC(=O)CNC(=O)COc3cccc2c3)cc1OC. The molecule has 3 atom stereocenters. The maximum Gasteiger partial charge on any atom is 0.329 e. The summed E-state index contributed by atoms with van der Waals surface area (Å²) in [4.78, 5) is 55.4. The Morgan fingerprint density at radius 2 is 1.65 bits per heavy atom. The van der Waals surface area contributed by atoms with Crippen LogP contribution < -0.4 is 24.8 Å². The summed E-state index contributed by atoms with van der Waals surface area (Å²) in [5.41, 5.74) is 1.68. The van der Waals surface area contributed by atoms with Crippen molar-refractivity contribution in [3.63, 3.8) is 0 Å². The summed E-state index contributed by atoms with van der Waals surface area (Å²) in [6, 6.07) is 11.3. The van der Waals surface area contributed by atoms with Gasteiger partial charge in [0.25, 0.3) is 5.91 Å². The zero-order valence-electron chi connectivity index (χ0n) is 26.8. The Labute approximate surface area is 270 Å². The molecule has 0 spiro atoms. The fourth-order valence-corrected chi connectivity index (χ4v) is 6.72. The van der Waals surface area contributed by atoms with Crippen molar-refractivity contribution in [3.8, 4) is 17.2 Å². The molecule has 2 aromatic carbocycles. The third kappa shape index (κ3) is 8.30. The van der Waals surface area contributed by atoms with Gasteiger partial charge >= 0.3 is 5.97 Å². The fourth-order valence-electron chi connectivity index (χ4n) is 6.72. The van der Waals surface area contributed by atoms with Crippen LogP contribution in [0.25, 0.3) is 0 Å². The number of rotatable bonds is 6. The van der Waals surface area contributed by atoms with Gasteiger partial charge in [0.2, 0.25) is 11.8 Å². The van der Waals surface area contributed by atoms with Crippen molar-refractivity contribution < 1.29 is 38.1 Å². The lowest BCUT2D eigenvalue weighted by molar-refractivity contribution is -0.163. The molecule has 0 radical (unpaired) electrons. The number of amides is 3. The molecule has 248 valence electrons. The largest absolute Gasteiger partial charge is 0.493 e. The van der Waals surface area contributed by atoms with E-state index in [1.807, 2.05) is 24.3 Å². The number of ether oxygens (including phenoxy) is 4. The molecule has 2 aromatic rings. The first-order valence-corrected chi connectivity index (χ1v) is 16.4. The van der Waals surface area contributed by atoms with E-state index in [4.69, 9.17) is 18.9 Å². The molecule has 0 unspecified atom stereocenters. The van der Waals surface area contributed by atoms with E-state index < -0.39 is 36.0 Å². The third-order valence-corrected chi connectivity index (χ3v) is 9.21. The molecule has 2 heterocycles. The third-order valence-electron chi connectivity index (χ3n) is 9.21. The van der Waals surface area contributed by atoms with Crippen molar-refractivity contribution in [3.05, 3.63) is 53.6 Å². The highest BCUT2D eigenvalue weighted by atomic mass is 16.5. The summed E-state index contributed by atoms with van der Waals surface area (Å²) in [5, 5.41) is 5.51. The summed E-state index contributed by atoms with van der Waals surface area (Å²) in [5.74, 6) is -0.0161. The maximum atomic E-state index is 14.2. The van der Waals surface area contributed by atoms with E-state index in [2.05, 4.69) is 10.6 Å². The summed E-state index contributed by atoms with van der Waals surface area (Å²) in [7, 11) is 3.17. The monoisotopic (exact) mass is 635 g/mol. The molecular weight excluding hydrogens is 590 g/mol. The zero-order chi connectivity index (χ0) is 32.5. The van der Waals surface area contributed by atoms with E-state index in [9.17, 15) is 19.2 Å². The molecule has 1 saturated heterocycles. The number of fused-ring (bicyclic) bond motifs is 3. The lowest BCUT2D eigenvalue weighted by Crippen LogP contribution is -2.59. The van der Waals surface area contributed by atoms with Crippen molar-refractivity contribution in [2.75, 3.05) is 33.9 Å². The second-order valence-electron chi connectivity index (χ2n) is 12.3. The van der Waals surface area contributed by atoms with Crippen molar-refractivity contribution in [1.29, 1.82) is 0 Å². The predicted octanol–water partition coefficient (Wildman–Crippen LogP) is 3.88. The number of carbonyl (C=O) groups is 4. The number of carbonyl (C=O) groups excluding carboxylic acids is 4. The van der Waals surface area contributed by atoms with E-state index in [-0.39, 0.29) is 25.0 Å². The van der Waals surface area contributed by atoms with Gasteiger partial charge in [0.15, 0.2) is 18.1 Å². The maximum absolute atomic E-state index is 14.2. The van der Waals surface area contributed by atoms with E-state index in [1.165, 1.54) is 0 Å². The molecule has 46 heavy (non-hydrogen) atoms. The Balaban J connectivity index is 1.44. The number of piperidine rings is 1. The van der Waals surface area contributed by atoms with Crippen LogP contribution in [-0.4, -0.2) is 74.6 Å². The molecule has 2 fully saturated rings. The predicted molar refractivity (Wildman–Crippen MR) is 170 cm³/mol. The van der Waals surface area contributed by atoms with Gasteiger partial charge in [-0.3, -0.25) is 14.4 Å². The molecule has 2 N–H and O–H groups in total. The van der Waals surface area contributed by atoms with Gasteiger partial charge in [-0.15, -0.1) is 0 Å². The van der Waals surface area contributed by atoms with Gasteiger partial charge in [-0.2, -0.15) is 0 Å². The van der Waals surface area contributed by atoms with Gasteiger partial charge in [-0.05, 0) is 86.3 Å². The smallest absolute Gasteiger partial charge is 0.329 e. The molecule has 1 saturated carbocycles. The van der Waals surface area contributed by atoms with Crippen LogP contribution in [0.1, 0.15) is 75.0 Å². The molecule has 5 rings (SSSR count). The number of esters is 1. The minimum atomic E-state index is -0.777. The van der Waals surface area contributed by atoms with Crippen molar-refractivity contribution in [2.24, 2.45) is 5.92 Å². The molecule has 0 aromatic heterocycles. The zero-order valence-corrected chi connectivity index (χ0v) is 26.8. The Morgan fingerprint density at radius 3 is 2.43 bits per heavy atom. The first-order valence-electron chi connectivity index (χ1n) is 16.4. The van der Waals surface area contributed by atoms with E-state index >= 15 is 0 Å². The van der Waals surface area contributed by atoms with E-state index in [0.29, 0.717) is 48.6 Å². The fraction of sp³-hybridized carbons (Fsp3) is 0.543. The number of nitrogens with one attached hydrogen (secondary N) is 2.